The van der Waals surface area contributed by atoms with Crippen LogP contribution in [0.25, 0.3) is 0 Å². The Morgan fingerprint density at radius 2 is 1.83 bits per heavy atom. The quantitative estimate of drug-likeness (QED) is 0.759. The number of primary amides is 1. The molecule has 0 spiro atoms. The Bertz CT molecular complexity index is 405. The summed E-state index contributed by atoms with van der Waals surface area (Å²) in [5.74, 6) is 0.779. The second-order valence-corrected chi connectivity index (χ2v) is 4.26. The van der Waals surface area contributed by atoms with E-state index in [-0.39, 0.29) is 0 Å². The number of hydrogen-bond donors (Lipinski definition) is 2. The van der Waals surface area contributed by atoms with Gasteiger partial charge in [0.1, 0.15) is 0 Å². The molecule has 0 bridgehead atoms. The minimum atomic E-state index is -1.06. The third-order valence-corrected chi connectivity index (χ3v) is 2.59. The minimum absolute atomic E-state index is 0.306. The molecule has 1 aromatic carbocycles. The van der Waals surface area contributed by atoms with Gasteiger partial charge >= 0.3 is 0 Å². The summed E-state index contributed by atoms with van der Waals surface area (Å²) in [6.07, 6.45) is 0.350. The number of para-hydroxylation sites is 2. The Balaban J connectivity index is 2.56. The molecule has 0 saturated heterocycles. The first-order valence-electron chi connectivity index (χ1n) is 5.91. The van der Waals surface area contributed by atoms with Crippen molar-refractivity contribution >= 4 is 5.91 Å². The van der Waals surface area contributed by atoms with Gasteiger partial charge in [0.25, 0.3) is 0 Å². The number of nitrogens with two attached hydrogens (primary N) is 2. The number of rotatable bonds is 7. The maximum atomic E-state index is 11.0. The lowest BCUT2D eigenvalue weighted by molar-refractivity contribution is -0.123. The lowest BCUT2D eigenvalue weighted by Gasteiger charge is -2.20. The maximum Gasteiger partial charge on any atom is 0.237 e. The highest BCUT2D eigenvalue weighted by Crippen LogP contribution is 2.26. The smallest absolute Gasteiger partial charge is 0.237 e. The van der Waals surface area contributed by atoms with Crippen LogP contribution in [0.15, 0.2) is 24.3 Å². The van der Waals surface area contributed by atoms with Crippen molar-refractivity contribution in [2.24, 2.45) is 11.5 Å². The molecule has 18 heavy (non-hydrogen) atoms. The molecule has 4 N–H and O–H groups in total. The van der Waals surface area contributed by atoms with Gasteiger partial charge in [0.2, 0.25) is 5.91 Å². The average Bonchev–Trinajstić information content (AvgIpc) is 2.31. The van der Waals surface area contributed by atoms with Crippen LogP contribution in [0.2, 0.25) is 0 Å². The van der Waals surface area contributed by atoms with Gasteiger partial charge in [0.15, 0.2) is 11.5 Å². The van der Waals surface area contributed by atoms with E-state index in [0.717, 1.165) is 0 Å². The molecule has 0 saturated carbocycles. The minimum Gasteiger partial charge on any atom is -0.490 e. The van der Waals surface area contributed by atoms with Crippen LogP contribution in [0.5, 0.6) is 11.5 Å². The lowest BCUT2D eigenvalue weighted by atomic mass is 9.99. The molecule has 1 amide bonds. The summed E-state index contributed by atoms with van der Waals surface area (Å²) in [6.45, 7) is 4.37. The number of carbonyl (C=O) groups is 1. The zero-order valence-corrected chi connectivity index (χ0v) is 10.8. The molecule has 0 heterocycles. The van der Waals surface area contributed by atoms with Gasteiger partial charge in [0, 0.05) is 6.42 Å². The van der Waals surface area contributed by atoms with Crippen molar-refractivity contribution in [1.29, 1.82) is 0 Å². The third kappa shape index (κ3) is 3.92. The fourth-order valence-electron chi connectivity index (χ4n) is 1.34. The monoisotopic (exact) mass is 252 g/mol. The molecule has 0 aromatic heterocycles. The van der Waals surface area contributed by atoms with Crippen molar-refractivity contribution < 1.29 is 14.3 Å². The summed E-state index contributed by atoms with van der Waals surface area (Å²) in [5, 5.41) is 0. The summed E-state index contributed by atoms with van der Waals surface area (Å²) in [4.78, 5) is 11.0. The Labute approximate surface area is 107 Å². The van der Waals surface area contributed by atoms with Crippen molar-refractivity contribution in [1.82, 2.24) is 0 Å². The predicted molar refractivity (Wildman–Crippen MR) is 69.5 cm³/mol. The Morgan fingerprint density at radius 1 is 1.28 bits per heavy atom. The fraction of sp³-hybridized carbons (Fsp3) is 0.462. The zero-order chi connectivity index (χ0) is 13.6. The first-order chi connectivity index (χ1) is 8.47. The predicted octanol–water partition coefficient (Wildman–Crippen LogP) is 1.06. The highest BCUT2D eigenvalue weighted by atomic mass is 16.5. The van der Waals surface area contributed by atoms with Crippen molar-refractivity contribution in [3.8, 4) is 11.5 Å². The average molecular weight is 252 g/mol. The lowest BCUT2D eigenvalue weighted by Crippen LogP contribution is -2.50. The normalized spacial score (nSPS) is 13.7. The maximum absolute atomic E-state index is 11.0. The van der Waals surface area contributed by atoms with Crippen LogP contribution in [-0.4, -0.2) is 24.7 Å². The van der Waals surface area contributed by atoms with Crippen LogP contribution in [-0.2, 0) is 4.79 Å². The van der Waals surface area contributed by atoms with Crippen LogP contribution in [0, 0.1) is 0 Å². The van der Waals surface area contributed by atoms with E-state index >= 15 is 0 Å². The van der Waals surface area contributed by atoms with Crippen molar-refractivity contribution in [3.63, 3.8) is 0 Å². The molecule has 5 heteroatoms. The van der Waals surface area contributed by atoms with Gasteiger partial charge in [-0.1, -0.05) is 12.1 Å². The zero-order valence-electron chi connectivity index (χ0n) is 10.8. The summed E-state index contributed by atoms with van der Waals surface area (Å²) in [7, 11) is 0. The number of amides is 1. The molecular formula is C13H20N2O3. The SMILES string of the molecule is CCOc1ccccc1OCCC(C)(N)C(N)=O. The van der Waals surface area contributed by atoms with E-state index < -0.39 is 11.4 Å². The second kappa shape index (κ2) is 6.26. The number of hydrogen-bond acceptors (Lipinski definition) is 4. The van der Waals surface area contributed by atoms with Crippen LogP contribution < -0.4 is 20.9 Å². The van der Waals surface area contributed by atoms with Crippen LogP contribution >= 0.6 is 0 Å². The van der Waals surface area contributed by atoms with Crippen LogP contribution in [0.3, 0.4) is 0 Å². The highest BCUT2D eigenvalue weighted by Gasteiger charge is 2.25. The van der Waals surface area contributed by atoms with Gasteiger partial charge in [-0.25, -0.2) is 0 Å². The van der Waals surface area contributed by atoms with Crippen LogP contribution in [0.4, 0.5) is 0 Å². The molecular weight excluding hydrogens is 232 g/mol. The molecule has 0 aliphatic heterocycles. The largest absolute Gasteiger partial charge is 0.490 e. The van der Waals surface area contributed by atoms with Gasteiger partial charge < -0.3 is 20.9 Å². The van der Waals surface area contributed by atoms with Gasteiger partial charge in [-0.15, -0.1) is 0 Å². The van der Waals surface area contributed by atoms with E-state index in [1.54, 1.807) is 6.92 Å². The first kappa shape index (κ1) is 14.3. The van der Waals surface area contributed by atoms with Gasteiger partial charge in [-0.2, -0.15) is 0 Å². The topological polar surface area (TPSA) is 87.6 Å². The van der Waals surface area contributed by atoms with Crippen molar-refractivity contribution in [2.75, 3.05) is 13.2 Å². The number of ether oxygens (including phenoxy) is 2. The summed E-state index contributed by atoms with van der Waals surface area (Å²) < 4.78 is 11.0. The molecule has 100 valence electrons. The summed E-state index contributed by atoms with van der Waals surface area (Å²) in [5.41, 5.74) is 9.86. The van der Waals surface area contributed by atoms with E-state index in [4.69, 9.17) is 20.9 Å². The van der Waals surface area contributed by atoms with Gasteiger partial charge in [-0.05, 0) is 26.0 Å². The highest BCUT2D eigenvalue weighted by molar-refractivity contribution is 5.83. The molecule has 0 radical (unpaired) electrons. The molecule has 1 atom stereocenters. The molecule has 1 unspecified atom stereocenters. The second-order valence-electron chi connectivity index (χ2n) is 4.26. The molecule has 0 fully saturated rings. The summed E-state index contributed by atoms with van der Waals surface area (Å²) in [6, 6.07) is 7.36. The van der Waals surface area contributed by atoms with E-state index in [0.29, 0.717) is 31.1 Å². The third-order valence-electron chi connectivity index (χ3n) is 2.59. The standard InChI is InChI=1S/C13H20N2O3/c1-3-17-10-6-4-5-7-11(10)18-9-8-13(2,15)12(14)16/h4-7H,3,8-9,15H2,1-2H3,(H2,14,16). The Morgan fingerprint density at radius 3 is 2.33 bits per heavy atom. The van der Waals surface area contributed by atoms with E-state index in [9.17, 15) is 4.79 Å². The first-order valence-corrected chi connectivity index (χ1v) is 5.91. The van der Waals surface area contributed by atoms with Crippen molar-refractivity contribution in [3.05, 3.63) is 24.3 Å². The molecule has 1 aromatic rings. The van der Waals surface area contributed by atoms with E-state index in [1.165, 1.54) is 0 Å². The summed E-state index contributed by atoms with van der Waals surface area (Å²) >= 11 is 0. The van der Waals surface area contributed by atoms with Gasteiger partial charge in [-0.3, -0.25) is 4.79 Å². The van der Waals surface area contributed by atoms with Crippen LogP contribution in [0.1, 0.15) is 20.3 Å². The molecule has 0 aliphatic carbocycles. The Hall–Kier alpha value is -1.75. The van der Waals surface area contributed by atoms with E-state index in [2.05, 4.69) is 0 Å². The molecule has 1 rings (SSSR count). The molecule has 5 nitrogen and oxygen atoms in total. The van der Waals surface area contributed by atoms with E-state index in [1.807, 2.05) is 31.2 Å². The fourth-order valence-corrected chi connectivity index (χ4v) is 1.34. The number of benzene rings is 1. The van der Waals surface area contributed by atoms with Gasteiger partial charge in [0.05, 0.1) is 18.8 Å². The molecule has 0 aliphatic rings. The Kier molecular flexibility index (Phi) is 4.97. The number of carbonyl (C=O) groups excluding carboxylic acids is 1. The van der Waals surface area contributed by atoms with Crippen molar-refractivity contribution in [2.45, 2.75) is 25.8 Å².